The smallest absolute Gasteiger partial charge is 0.231 e. The molecule has 2 atom stereocenters. The van der Waals surface area contributed by atoms with Crippen LogP contribution in [-0.2, 0) is 12.8 Å². The van der Waals surface area contributed by atoms with E-state index in [1.165, 1.54) is 34.4 Å². The van der Waals surface area contributed by atoms with Crippen molar-refractivity contribution < 1.29 is 19.1 Å². The third-order valence-electron chi connectivity index (χ3n) is 5.53. The normalized spacial score (nSPS) is 23.2. The number of methoxy groups -OCH3 is 1. The third-order valence-corrected chi connectivity index (χ3v) is 5.53. The molecule has 0 aromatic heterocycles. The fourth-order valence-electron chi connectivity index (χ4n) is 4.32. The Hall–Kier alpha value is -2.20. The van der Waals surface area contributed by atoms with Crippen molar-refractivity contribution >= 4 is 0 Å². The predicted molar refractivity (Wildman–Crippen MR) is 86.5 cm³/mol. The minimum atomic E-state index is 0.317. The van der Waals surface area contributed by atoms with E-state index < -0.39 is 0 Å². The number of rotatable bonds is 1. The SMILES string of the molecule is COc1ccc2c(c1)-c1c3c(cc4c1[C@@H](C2)[NH+](C)CC4)OCO3. The summed E-state index contributed by atoms with van der Waals surface area (Å²) in [6, 6.07) is 9.11. The molecule has 23 heavy (non-hydrogen) atoms. The van der Waals surface area contributed by atoms with Crippen LogP contribution in [0.4, 0.5) is 0 Å². The molecule has 2 heterocycles. The van der Waals surface area contributed by atoms with E-state index in [1.807, 2.05) is 0 Å². The topological polar surface area (TPSA) is 32.1 Å². The monoisotopic (exact) mass is 310 g/mol. The van der Waals surface area contributed by atoms with Crippen LogP contribution in [-0.4, -0.2) is 27.5 Å². The van der Waals surface area contributed by atoms with Gasteiger partial charge in [0.25, 0.3) is 0 Å². The van der Waals surface area contributed by atoms with Crippen LogP contribution in [0, 0.1) is 0 Å². The van der Waals surface area contributed by atoms with E-state index >= 15 is 0 Å². The van der Waals surface area contributed by atoms with Gasteiger partial charge in [0.1, 0.15) is 11.8 Å². The molecule has 2 aliphatic heterocycles. The molecule has 3 aliphatic rings. The van der Waals surface area contributed by atoms with Gasteiger partial charge in [-0.25, -0.2) is 0 Å². The van der Waals surface area contributed by atoms with Crippen molar-refractivity contribution in [2.45, 2.75) is 18.9 Å². The molecule has 0 amide bonds. The average molecular weight is 310 g/mol. The first-order valence-electron chi connectivity index (χ1n) is 8.21. The van der Waals surface area contributed by atoms with Crippen LogP contribution in [0.15, 0.2) is 24.3 Å². The van der Waals surface area contributed by atoms with E-state index in [1.54, 1.807) is 12.0 Å². The summed E-state index contributed by atoms with van der Waals surface area (Å²) in [6.45, 7) is 1.49. The van der Waals surface area contributed by atoms with Crippen molar-refractivity contribution in [3.63, 3.8) is 0 Å². The Balaban J connectivity index is 1.85. The van der Waals surface area contributed by atoms with Crippen LogP contribution < -0.4 is 19.1 Å². The zero-order valence-electron chi connectivity index (χ0n) is 13.4. The van der Waals surface area contributed by atoms with Gasteiger partial charge < -0.3 is 19.1 Å². The first kappa shape index (κ1) is 13.3. The van der Waals surface area contributed by atoms with Crippen molar-refractivity contribution in [2.24, 2.45) is 0 Å². The van der Waals surface area contributed by atoms with Crippen LogP contribution in [0.3, 0.4) is 0 Å². The minimum Gasteiger partial charge on any atom is -0.497 e. The van der Waals surface area contributed by atoms with Crippen molar-refractivity contribution in [2.75, 3.05) is 27.5 Å². The first-order chi connectivity index (χ1) is 11.3. The van der Waals surface area contributed by atoms with Crippen molar-refractivity contribution in [1.82, 2.24) is 0 Å². The van der Waals surface area contributed by atoms with Gasteiger partial charge in [0, 0.05) is 24.0 Å². The van der Waals surface area contributed by atoms with Gasteiger partial charge in [-0.05, 0) is 34.9 Å². The molecule has 1 aliphatic carbocycles. The van der Waals surface area contributed by atoms with E-state index in [0.717, 1.165) is 30.1 Å². The number of fused-ring (bicyclic) bond motifs is 4. The summed E-state index contributed by atoms with van der Waals surface area (Å²) in [5, 5.41) is 0. The van der Waals surface area contributed by atoms with Gasteiger partial charge in [-0.15, -0.1) is 0 Å². The second kappa shape index (κ2) is 4.65. The molecular weight excluding hydrogens is 290 g/mol. The highest BCUT2D eigenvalue weighted by atomic mass is 16.7. The van der Waals surface area contributed by atoms with Gasteiger partial charge in [0.05, 0.1) is 20.7 Å². The maximum absolute atomic E-state index is 5.86. The quantitative estimate of drug-likeness (QED) is 0.871. The molecule has 1 unspecified atom stereocenters. The van der Waals surface area contributed by atoms with E-state index in [0.29, 0.717) is 12.8 Å². The van der Waals surface area contributed by atoms with E-state index in [4.69, 9.17) is 14.2 Å². The maximum atomic E-state index is 5.86. The summed E-state index contributed by atoms with van der Waals surface area (Å²) in [6.07, 6.45) is 2.17. The Morgan fingerprint density at radius 2 is 2.09 bits per heavy atom. The zero-order valence-corrected chi connectivity index (χ0v) is 13.4. The number of likely N-dealkylation sites (N-methyl/N-ethyl adjacent to an activating group) is 1. The maximum Gasteiger partial charge on any atom is 0.231 e. The molecule has 0 spiro atoms. The lowest BCUT2D eigenvalue weighted by Gasteiger charge is -2.37. The Morgan fingerprint density at radius 3 is 2.96 bits per heavy atom. The lowest BCUT2D eigenvalue weighted by Crippen LogP contribution is -3.10. The lowest BCUT2D eigenvalue weighted by molar-refractivity contribution is -0.914. The van der Waals surface area contributed by atoms with Gasteiger partial charge in [-0.1, -0.05) is 6.07 Å². The van der Waals surface area contributed by atoms with E-state index in [2.05, 4.69) is 31.3 Å². The molecule has 5 rings (SSSR count). The molecular formula is C19H20NO3+. The number of hydrogen-bond acceptors (Lipinski definition) is 3. The second-order valence-corrected chi connectivity index (χ2v) is 6.68. The number of nitrogens with one attached hydrogen (secondary N) is 1. The zero-order chi connectivity index (χ0) is 15.6. The van der Waals surface area contributed by atoms with Crippen LogP contribution in [0.2, 0.25) is 0 Å². The summed E-state index contributed by atoms with van der Waals surface area (Å²) in [4.78, 5) is 1.58. The Kier molecular flexibility index (Phi) is 2.68. The van der Waals surface area contributed by atoms with Crippen LogP contribution in [0.25, 0.3) is 11.1 Å². The molecule has 2 aromatic rings. The molecule has 4 heteroatoms. The van der Waals surface area contributed by atoms with Gasteiger partial charge in [0.15, 0.2) is 11.5 Å². The van der Waals surface area contributed by atoms with Gasteiger partial charge in [0.2, 0.25) is 6.79 Å². The molecule has 1 N–H and O–H groups in total. The highest BCUT2D eigenvalue weighted by Gasteiger charge is 2.39. The Morgan fingerprint density at radius 1 is 1.17 bits per heavy atom. The first-order valence-corrected chi connectivity index (χ1v) is 8.21. The van der Waals surface area contributed by atoms with Crippen molar-refractivity contribution in [3.8, 4) is 28.4 Å². The predicted octanol–water partition coefficient (Wildman–Crippen LogP) is 1.76. The van der Waals surface area contributed by atoms with Gasteiger partial charge >= 0.3 is 0 Å². The van der Waals surface area contributed by atoms with Crippen molar-refractivity contribution in [1.29, 1.82) is 0 Å². The molecule has 0 fully saturated rings. The summed E-state index contributed by atoms with van der Waals surface area (Å²) in [7, 11) is 4.02. The summed E-state index contributed by atoms with van der Waals surface area (Å²) in [5.41, 5.74) is 6.74. The highest BCUT2D eigenvalue weighted by molar-refractivity contribution is 5.84. The molecule has 4 nitrogen and oxygen atoms in total. The molecule has 2 aromatic carbocycles. The number of hydrogen-bond donors (Lipinski definition) is 1. The lowest BCUT2D eigenvalue weighted by atomic mass is 9.76. The molecule has 0 saturated carbocycles. The average Bonchev–Trinajstić information content (AvgIpc) is 3.05. The van der Waals surface area contributed by atoms with Crippen LogP contribution in [0.5, 0.6) is 17.2 Å². The van der Waals surface area contributed by atoms with Gasteiger partial charge in [-0.2, -0.15) is 0 Å². The molecule has 0 saturated heterocycles. The Labute approximate surface area is 135 Å². The second-order valence-electron chi connectivity index (χ2n) is 6.68. The van der Waals surface area contributed by atoms with Crippen LogP contribution >= 0.6 is 0 Å². The van der Waals surface area contributed by atoms with E-state index in [9.17, 15) is 0 Å². The minimum absolute atomic E-state index is 0.317. The van der Waals surface area contributed by atoms with Gasteiger partial charge in [-0.3, -0.25) is 0 Å². The number of ether oxygens (including phenoxy) is 3. The van der Waals surface area contributed by atoms with Crippen LogP contribution in [0.1, 0.15) is 22.7 Å². The Bertz CT molecular complexity index is 815. The molecule has 0 radical (unpaired) electrons. The molecule has 0 bridgehead atoms. The third kappa shape index (κ3) is 1.75. The number of benzene rings is 2. The highest BCUT2D eigenvalue weighted by Crippen LogP contribution is 2.51. The fourth-order valence-corrected chi connectivity index (χ4v) is 4.32. The van der Waals surface area contributed by atoms with E-state index in [-0.39, 0.29) is 0 Å². The summed E-state index contributed by atoms with van der Waals surface area (Å²) >= 11 is 0. The summed E-state index contributed by atoms with van der Waals surface area (Å²) in [5.74, 6) is 2.70. The number of quaternary nitrogens is 1. The van der Waals surface area contributed by atoms with Crippen molar-refractivity contribution in [3.05, 3.63) is 41.0 Å². The fraction of sp³-hybridized carbons (Fsp3) is 0.368. The largest absolute Gasteiger partial charge is 0.497 e. The molecule has 118 valence electrons. The summed E-state index contributed by atoms with van der Waals surface area (Å²) < 4.78 is 17.0. The standard InChI is InChI=1S/C19H19NO3/c1-20-6-5-12-8-16-19(23-10-22-16)18-14-9-13(21-2)4-3-11(14)7-15(20)17(12)18/h3-4,8-9,15H,5-7,10H2,1-2H3/p+1/t15-/m1/s1.